The first-order chi connectivity index (χ1) is 24.2. The molecule has 8 heteroatoms. The second-order valence-corrected chi connectivity index (χ2v) is 15.8. The molecule has 0 aromatic carbocycles. The molecule has 1 fully saturated rings. The van der Waals surface area contributed by atoms with E-state index in [1.54, 1.807) is 0 Å². The molecule has 0 radical (unpaired) electrons. The van der Waals surface area contributed by atoms with Crippen LogP contribution in [0.1, 0.15) is 195 Å². The molecule has 0 saturated heterocycles. The summed E-state index contributed by atoms with van der Waals surface area (Å²) < 4.78 is 17.3. The normalized spacial score (nSPS) is 21.4. The van der Waals surface area contributed by atoms with Crippen molar-refractivity contribution in [3.05, 3.63) is 0 Å². The zero-order chi connectivity index (χ0) is 36.8. The Morgan fingerprint density at radius 3 is 1.38 bits per heavy atom. The highest BCUT2D eigenvalue weighted by molar-refractivity contribution is 5.69. The SMILES string of the molecule is CCCCCCC(C)CCCCCCCCCOC[C@@H](COC1[C@@H](O)[C@H](O)[C@@H](O)[C@@H]1O)OC(=O)CCCCCCCCC(C)CCCCCC. The van der Waals surface area contributed by atoms with Crippen molar-refractivity contribution >= 4 is 5.97 Å². The Morgan fingerprint density at radius 1 is 0.520 bits per heavy atom. The summed E-state index contributed by atoms with van der Waals surface area (Å²) in [7, 11) is 0. The molecule has 7 atom stereocenters. The third kappa shape index (κ3) is 23.7. The zero-order valence-corrected chi connectivity index (χ0v) is 33.0. The molecule has 0 heterocycles. The van der Waals surface area contributed by atoms with Crippen LogP contribution in [0.5, 0.6) is 0 Å². The van der Waals surface area contributed by atoms with Gasteiger partial charge in [-0.25, -0.2) is 0 Å². The first-order valence-corrected chi connectivity index (χ1v) is 21.3. The standard InChI is InChI=1S/C42H82O8/c1-5-7-9-20-26-34(3)28-22-16-12-11-15-19-25-31-48-32-36(33-49-42-40(46)38(44)39(45)41(42)47)50-37(43)30-24-18-14-13-17-23-29-35(4)27-21-10-8-6-2/h34-36,38-42,44-47H,5-33H2,1-4H3/t34?,35?,36-,38+,39+,40-,41-/m0/s1. The largest absolute Gasteiger partial charge is 0.457 e. The van der Waals surface area contributed by atoms with Gasteiger partial charge in [-0.1, -0.05) is 175 Å². The molecule has 0 aromatic rings. The lowest BCUT2D eigenvalue weighted by atomic mass is 9.96. The Bertz CT molecular complexity index is 752. The molecule has 4 N–H and O–H groups in total. The van der Waals surface area contributed by atoms with Crippen LogP contribution in [0.25, 0.3) is 0 Å². The van der Waals surface area contributed by atoms with E-state index < -0.39 is 36.6 Å². The van der Waals surface area contributed by atoms with Gasteiger partial charge in [0, 0.05) is 13.0 Å². The Morgan fingerprint density at radius 2 is 0.920 bits per heavy atom. The summed E-state index contributed by atoms with van der Waals surface area (Å²) in [5.74, 6) is 1.37. The molecular weight excluding hydrogens is 632 g/mol. The van der Waals surface area contributed by atoms with Crippen LogP contribution in [0, 0.1) is 11.8 Å². The molecular formula is C42H82O8. The van der Waals surface area contributed by atoms with E-state index >= 15 is 0 Å². The minimum absolute atomic E-state index is 0.0989. The number of carbonyl (C=O) groups is 1. The first-order valence-electron chi connectivity index (χ1n) is 21.3. The van der Waals surface area contributed by atoms with Gasteiger partial charge >= 0.3 is 5.97 Å². The molecule has 2 unspecified atom stereocenters. The average molecular weight is 715 g/mol. The second kappa shape index (κ2) is 31.7. The quantitative estimate of drug-likeness (QED) is 0.0378. The summed E-state index contributed by atoms with van der Waals surface area (Å²) in [6, 6.07) is 0. The summed E-state index contributed by atoms with van der Waals surface area (Å²) in [5.41, 5.74) is 0. The Labute approximate surface area is 307 Å². The van der Waals surface area contributed by atoms with Crippen LogP contribution >= 0.6 is 0 Å². The van der Waals surface area contributed by atoms with E-state index in [0.717, 1.165) is 43.9 Å². The maximum Gasteiger partial charge on any atom is 0.306 e. The molecule has 0 amide bonds. The van der Waals surface area contributed by atoms with Crippen molar-refractivity contribution < 1.29 is 39.4 Å². The van der Waals surface area contributed by atoms with Gasteiger partial charge in [-0.2, -0.15) is 0 Å². The third-order valence-corrected chi connectivity index (χ3v) is 10.7. The van der Waals surface area contributed by atoms with Crippen LogP contribution in [0.2, 0.25) is 0 Å². The number of carbonyl (C=O) groups excluding carboxylic acids is 1. The van der Waals surface area contributed by atoms with Gasteiger partial charge in [0.2, 0.25) is 0 Å². The molecule has 0 aromatic heterocycles. The fraction of sp³-hybridized carbons (Fsp3) is 0.976. The van der Waals surface area contributed by atoms with Crippen LogP contribution in [-0.2, 0) is 19.0 Å². The van der Waals surface area contributed by atoms with Gasteiger partial charge in [0.05, 0.1) is 13.2 Å². The molecule has 50 heavy (non-hydrogen) atoms. The smallest absolute Gasteiger partial charge is 0.306 e. The van der Waals surface area contributed by atoms with Crippen molar-refractivity contribution in [2.24, 2.45) is 11.8 Å². The fourth-order valence-electron chi connectivity index (χ4n) is 7.16. The number of ether oxygens (including phenoxy) is 3. The predicted molar refractivity (Wildman–Crippen MR) is 204 cm³/mol. The molecule has 1 saturated carbocycles. The Kier molecular flexibility index (Phi) is 30.0. The molecule has 0 aliphatic heterocycles. The predicted octanol–water partition coefficient (Wildman–Crippen LogP) is 9.21. The summed E-state index contributed by atoms with van der Waals surface area (Å²) in [6.45, 7) is 9.93. The topological polar surface area (TPSA) is 126 Å². The highest BCUT2D eigenvalue weighted by Gasteiger charge is 2.49. The fourth-order valence-corrected chi connectivity index (χ4v) is 7.16. The van der Waals surface area contributed by atoms with E-state index in [9.17, 15) is 25.2 Å². The molecule has 0 bridgehead atoms. The highest BCUT2D eigenvalue weighted by Crippen LogP contribution is 2.25. The number of rotatable bonds is 35. The number of aliphatic hydroxyl groups is 4. The summed E-state index contributed by atoms with van der Waals surface area (Å²) in [6.07, 6.45) is 23.9. The van der Waals surface area contributed by atoms with Crippen LogP contribution in [0.3, 0.4) is 0 Å². The van der Waals surface area contributed by atoms with Crippen molar-refractivity contribution in [1.82, 2.24) is 0 Å². The van der Waals surface area contributed by atoms with Crippen LogP contribution < -0.4 is 0 Å². The van der Waals surface area contributed by atoms with Crippen molar-refractivity contribution in [2.75, 3.05) is 19.8 Å². The maximum atomic E-state index is 12.7. The number of hydrogen-bond donors (Lipinski definition) is 4. The van der Waals surface area contributed by atoms with E-state index in [1.165, 1.54) is 128 Å². The Hall–Kier alpha value is -0.770. The molecule has 1 aliphatic rings. The number of hydrogen-bond acceptors (Lipinski definition) is 8. The lowest BCUT2D eigenvalue weighted by Crippen LogP contribution is -2.39. The van der Waals surface area contributed by atoms with Crippen molar-refractivity contribution in [2.45, 2.75) is 231 Å². The molecule has 0 spiro atoms. The lowest BCUT2D eigenvalue weighted by molar-refractivity contribution is -0.163. The number of esters is 1. The van der Waals surface area contributed by atoms with Gasteiger partial charge in [-0.05, 0) is 24.7 Å². The van der Waals surface area contributed by atoms with Crippen LogP contribution in [0.15, 0.2) is 0 Å². The van der Waals surface area contributed by atoms with E-state index in [4.69, 9.17) is 14.2 Å². The minimum Gasteiger partial charge on any atom is -0.457 e. The number of unbranched alkanes of at least 4 members (excludes halogenated alkanes) is 17. The third-order valence-electron chi connectivity index (χ3n) is 10.7. The van der Waals surface area contributed by atoms with Gasteiger partial charge in [-0.15, -0.1) is 0 Å². The zero-order valence-electron chi connectivity index (χ0n) is 33.0. The van der Waals surface area contributed by atoms with Crippen molar-refractivity contribution in [3.63, 3.8) is 0 Å². The molecule has 298 valence electrons. The first kappa shape index (κ1) is 47.3. The van der Waals surface area contributed by atoms with Crippen molar-refractivity contribution in [1.29, 1.82) is 0 Å². The monoisotopic (exact) mass is 715 g/mol. The Balaban J connectivity index is 2.25. The molecule has 1 rings (SSSR count). The van der Waals surface area contributed by atoms with Crippen LogP contribution in [0.4, 0.5) is 0 Å². The minimum atomic E-state index is -1.49. The number of aliphatic hydroxyl groups excluding tert-OH is 4. The second-order valence-electron chi connectivity index (χ2n) is 15.8. The molecule has 1 aliphatic carbocycles. The lowest BCUT2D eigenvalue weighted by Gasteiger charge is -2.24. The van der Waals surface area contributed by atoms with Crippen molar-refractivity contribution in [3.8, 4) is 0 Å². The summed E-state index contributed by atoms with van der Waals surface area (Å²) in [5, 5.41) is 40.2. The van der Waals surface area contributed by atoms with E-state index in [-0.39, 0.29) is 19.2 Å². The van der Waals surface area contributed by atoms with E-state index in [1.807, 2.05) is 0 Å². The maximum absolute atomic E-state index is 12.7. The average Bonchev–Trinajstić information content (AvgIpc) is 3.28. The van der Waals surface area contributed by atoms with Gasteiger partial charge in [0.25, 0.3) is 0 Å². The van der Waals surface area contributed by atoms with Gasteiger partial charge in [-0.3, -0.25) is 4.79 Å². The van der Waals surface area contributed by atoms with E-state index in [2.05, 4.69) is 27.7 Å². The van der Waals surface area contributed by atoms with Gasteiger partial charge < -0.3 is 34.6 Å². The summed E-state index contributed by atoms with van der Waals surface area (Å²) >= 11 is 0. The van der Waals surface area contributed by atoms with Gasteiger partial charge in [0.15, 0.2) is 0 Å². The van der Waals surface area contributed by atoms with Crippen LogP contribution in [-0.4, -0.2) is 82.8 Å². The summed E-state index contributed by atoms with van der Waals surface area (Å²) in [4.78, 5) is 12.7. The molecule has 8 nitrogen and oxygen atoms in total. The highest BCUT2D eigenvalue weighted by atomic mass is 16.6. The van der Waals surface area contributed by atoms with Gasteiger partial charge in [0.1, 0.15) is 36.6 Å². The van der Waals surface area contributed by atoms with E-state index in [0.29, 0.717) is 13.0 Å².